The number of hydrogen-bond donors (Lipinski definition) is 0. The van der Waals surface area contributed by atoms with E-state index in [-0.39, 0.29) is 11.5 Å². The largest absolute Gasteiger partial charge is 0.514 e. The van der Waals surface area contributed by atoms with Crippen LogP contribution in [0.4, 0.5) is 4.79 Å². The van der Waals surface area contributed by atoms with Crippen LogP contribution in [0.5, 0.6) is 5.75 Å². The Balaban J connectivity index is 1.17. The molecule has 0 radical (unpaired) electrons. The van der Waals surface area contributed by atoms with E-state index < -0.39 is 6.16 Å². The number of unbranched alkanes of at least 4 members (excludes halogenated alkanes) is 5. The van der Waals surface area contributed by atoms with Gasteiger partial charge in [-0.3, -0.25) is 0 Å². The molecule has 210 valence electrons. The Morgan fingerprint density at radius 1 is 0.947 bits per heavy atom. The predicted octanol–water partition coefficient (Wildman–Crippen LogP) is 10.6. The SMILES string of the molecule is CCCCCCCC[C@@H]1CC[C@@H]2[C@@H]3CC=C4C[C@@H](OC(=O)Oc5ccc(Cl)cc5)CC[C@]4(C)[C@@H]3CC[C@]12C. The highest BCUT2D eigenvalue weighted by Gasteiger charge is 2.58. The summed E-state index contributed by atoms with van der Waals surface area (Å²) >= 11 is 5.94. The Kier molecular flexibility index (Phi) is 8.82. The average Bonchev–Trinajstić information content (AvgIpc) is 3.24. The third-order valence-corrected chi connectivity index (χ3v) is 11.7. The minimum Gasteiger partial charge on any atom is -0.430 e. The maximum Gasteiger partial charge on any atom is 0.514 e. The monoisotopic (exact) mass is 540 g/mol. The summed E-state index contributed by atoms with van der Waals surface area (Å²) in [4.78, 5) is 12.5. The lowest BCUT2D eigenvalue weighted by Gasteiger charge is -2.58. The second-order valence-electron chi connectivity index (χ2n) is 13.4. The van der Waals surface area contributed by atoms with Gasteiger partial charge in [-0.05, 0) is 110 Å². The Morgan fingerprint density at radius 2 is 1.71 bits per heavy atom. The first-order chi connectivity index (χ1) is 18.3. The first kappa shape index (κ1) is 28.1. The van der Waals surface area contributed by atoms with Gasteiger partial charge in [-0.25, -0.2) is 4.79 Å². The standard InChI is InChI=1S/C34H49ClO3/c1-4-5-6-7-8-9-10-24-12-18-30-29-17-11-25-23-28(38-32(36)37-27-15-13-26(35)14-16-27)19-21-34(25,3)31(29)20-22-33(24,30)2/h11,13-16,24,28-31H,4-10,12,17-23H2,1-3H3/t24-,28+,29+,30-,31-,33-,34+/m1/s1. The van der Waals surface area contributed by atoms with Gasteiger partial charge in [-0.15, -0.1) is 0 Å². The van der Waals surface area contributed by atoms with Crippen molar-refractivity contribution in [2.24, 2.45) is 34.5 Å². The Hall–Kier alpha value is -1.48. The van der Waals surface area contributed by atoms with E-state index in [1.165, 1.54) is 77.0 Å². The number of ether oxygens (including phenoxy) is 2. The van der Waals surface area contributed by atoms with Gasteiger partial charge in [0.05, 0.1) is 0 Å². The number of carbonyl (C=O) groups is 1. The molecule has 7 atom stereocenters. The van der Waals surface area contributed by atoms with Crippen LogP contribution in [0, 0.1) is 34.5 Å². The number of hydrogen-bond acceptors (Lipinski definition) is 3. The van der Waals surface area contributed by atoms with E-state index in [1.807, 2.05) is 0 Å². The van der Waals surface area contributed by atoms with Crippen LogP contribution in [-0.4, -0.2) is 12.3 Å². The summed E-state index contributed by atoms with van der Waals surface area (Å²) in [5.41, 5.74) is 2.36. The van der Waals surface area contributed by atoms with Crippen LogP contribution in [0.1, 0.15) is 117 Å². The first-order valence-electron chi connectivity index (χ1n) is 15.7. The summed E-state index contributed by atoms with van der Waals surface area (Å²) < 4.78 is 11.2. The molecule has 0 unspecified atom stereocenters. The van der Waals surface area contributed by atoms with Crippen molar-refractivity contribution in [3.63, 3.8) is 0 Å². The molecule has 4 aliphatic rings. The number of rotatable bonds is 9. The summed E-state index contributed by atoms with van der Waals surface area (Å²) in [6, 6.07) is 6.83. The van der Waals surface area contributed by atoms with E-state index in [0.29, 0.717) is 16.2 Å². The molecule has 5 rings (SSSR count). The maximum absolute atomic E-state index is 12.5. The third kappa shape index (κ3) is 5.70. The lowest BCUT2D eigenvalue weighted by Crippen LogP contribution is -2.50. The summed E-state index contributed by atoms with van der Waals surface area (Å²) in [7, 11) is 0. The van der Waals surface area contributed by atoms with E-state index in [1.54, 1.807) is 29.8 Å². The maximum atomic E-state index is 12.5. The smallest absolute Gasteiger partial charge is 0.430 e. The highest BCUT2D eigenvalue weighted by Crippen LogP contribution is 2.66. The van der Waals surface area contributed by atoms with Crippen molar-refractivity contribution in [3.8, 4) is 5.75 Å². The van der Waals surface area contributed by atoms with Gasteiger partial charge in [-0.2, -0.15) is 0 Å². The quantitative estimate of drug-likeness (QED) is 0.135. The molecule has 0 bridgehead atoms. The fourth-order valence-electron chi connectivity index (χ4n) is 9.24. The van der Waals surface area contributed by atoms with Gasteiger partial charge in [0.1, 0.15) is 11.9 Å². The number of benzene rings is 1. The van der Waals surface area contributed by atoms with Crippen LogP contribution in [0.2, 0.25) is 5.02 Å². The van der Waals surface area contributed by atoms with Gasteiger partial charge in [0.15, 0.2) is 0 Å². The zero-order chi connectivity index (χ0) is 26.8. The van der Waals surface area contributed by atoms with Crippen molar-refractivity contribution in [2.75, 3.05) is 0 Å². The number of fused-ring (bicyclic) bond motifs is 5. The summed E-state index contributed by atoms with van der Waals surface area (Å²) in [6.45, 7) is 7.50. The fourth-order valence-corrected chi connectivity index (χ4v) is 9.37. The second-order valence-corrected chi connectivity index (χ2v) is 13.9. The van der Waals surface area contributed by atoms with Crippen molar-refractivity contribution in [1.82, 2.24) is 0 Å². The Bertz CT molecular complexity index is 986. The van der Waals surface area contributed by atoms with Gasteiger partial charge in [0.25, 0.3) is 0 Å². The average molecular weight is 541 g/mol. The topological polar surface area (TPSA) is 35.5 Å². The van der Waals surface area contributed by atoms with Crippen LogP contribution in [-0.2, 0) is 4.74 Å². The van der Waals surface area contributed by atoms with Gasteiger partial charge in [0, 0.05) is 11.4 Å². The normalized spacial score (nSPS) is 36.0. The second kappa shape index (κ2) is 11.9. The van der Waals surface area contributed by atoms with Gasteiger partial charge in [-0.1, -0.05) is 82.5 Å². The van der Waals surface area contributed by atoms with E-state index in [9.17, 15) is 4.79 Å². The van der Waals surface area contributed by atoms with Gasteiger partial charge >= 0.3 is 6.16 Å². The highest BCUT2D eigenvalue weighted by atomic mass is 35.5. The van der Waals surface area contributed by atoms with E-state index in [4.69, 9.17) is 21.1 Å². The molecule has 3 fully saturated rings. The van der Waals surface area contributed by atoms with Crippen LogP contribution < -0.4 is 4.74 Å². The van der Waals surface area contributed by atoms with Gasteiger partial charge in [0.2, 0.25) is 0 Å². The van der Waals surface area contributed by atoms with E-state index in [0.717, 1.165) is 42.9 Å². The number of allylic oxidation sites excluding steroid dienone is 1. The lowest BCUT2D eigenvalue weighted by atomic mass is 9.47. The molecule has 0 heterocycles. The Labute approximate surface area is 236 Å². The molecule has 0 aliphatic heterocycles. The Morgan fingerprint density at radius 3 is 2.50 bits per heavy atom. The molecule has 0 N–H and O–H groups in total. The summed E-state index contributed by atoms with van der Waals surface area (Å²) in [5, 5.41) is 0.619. The first-order valence-corrected chi connectivity index (χ1v) is 16.0. The fraction of sp³-hybridized carbons (Fsp3) is 0.735. The molecule has 3 nitrogen and oxygen atoms in total. The predicted molar refractivity (Wildman–Crippen MR) is 156 cm³/mol. The van der Waals surface area contributed by atoms with Crippen LogP contribution >= 0.6 is 11.6 Å². The lowest BCUT2D eigenvalue weighted by molar-refractivity contribution is -0.0538. The van der Waals surface area contributed by atoms with Gasteiger partial charge < -0.3 is 9.47 Å². The van der Waals surface area contributed by atoms with Crippen LogP contribution in [0.3, 0.4) is 0 Å². The van der Waals surface area contributed by atoms with Crippen molar-refractivity contribution < 1.29 is 14.3 Å². The summed E-state index contributed by atoms with van der Waals surface area (Å²) in [6.07, 6.45) is 21.6. The molecule has 38 heavy (non-hydrogen) atoms. The van der Waals surface area contributed by atoms with Crippen molar-refractivity contribution >= 4 is 17.8 Å². The molecule has 0 amide bonds. The van der Waals surface area contributed by atoms with Crippen molar-refractivity contribution in [1.29, 1.82) is 0 Å². The minimum atomic E-state index is -0.606. The van der Waals surface area contributed by atoms with E-state index >= 15 is 0 Å². The van der Waals surface area contributed by atoms with Crippen LogP contribution in [0.15, 0.2) is 35.9 Å². The zero-order valence-corrected chi connectivity index (χ0v) is 24.7. The molecule has 4 heteroatoms. The minimum absolute atomic E-state index is 0.0901. The summed E-state index contributed by atoms with van der Waals surface area (Å²) in [5.74, 6) is 3.93. The number of halogens is 1. The number of carbonyl (C=O) groups excluding carboxylic acids is 1. The highest BCUT2D eigenvalue weighted by molar-refractivity contribution is 6.30. The van der Waals surface area contributed by atoms with E-state index in [2.05, 4.69) is 26.8 Å². The third-order valence-electron chi connectivity index (χ3n) is 11.4. The molecule has 3 saturated carbocycles. The molecule has 0 spiro atoms. The van der Waals surface area contributed by atoms with Crippen molar-refractivity contribution in [3.05, 3.63) is 40.9 Å². The molecule has 0 saturated heterocycles. The molecule has 0 aromatic heterocycles. The zero-order valence-electron chi connectivity index (χ0n) is 24.0. The van der Waals surface area contributed by atoms with Crippen LogP contribution in [0.25, 0.3) is 0 Å². The molecule has 1 aromatic carbocycles. The molecular formula is C34H49ClO3. The molecule has 4 aliphatic carbocycles. The van der Waals surface area contributed by atoms with Crippen molar-refractivity contribution in [2.45, 2.75) is 123 Å². The molecule has 1 aromatic rings. The molecular weight excluding hydrogens is 492 g/mol.